The van der Waals surface area contributed by atoms with Crippen LogP contribution in [0.15, 0.2) is 65.5 Å². The number of nitrogens with zero attached hydrogens (tertiary/aromatic N) is 3. The Morgan fingerprint density at radius 2 is 2.05 bits per heavy atom. The molecule has 0 aliphatic heterocycles. The number of benzene rings is 1. The molecule has 0 spiro atoms. The summed E-state index contributed by atoms with van der Waals surface area (Å²) < 4.78 is 7.03. The number of carbonyl (C=O) groups is 1. The third kappa shape index (κ3) is 3.25. The average Bonchev–Trinajstić information content (AvgIpc) is 3.19. The van der Waals surface area contributed by atoms with Crippen LogP contribution in [0.2, 0.25) is 0 Å². The van der Waals surface area contributed by atoms with Crippen molar-refractivity contribution in [3.05, 3.63) is 78.0 Å². The fraction of sp³-hybridized carbons (Fsp3) is 0.176. The lowest BCUT2D eigenvalue weighted by Crippen LogP contribution is -2.25. The molecule has 2 heterocycles. The van der Waals surface area contributed by atoms with Gasteiger partial charge in [-0.05, 0) is 17.7 Å². The molecule has 5 heteroatoms. The van der Waals surface area contributed by atoms with E-state index in [0.717, 1.165) is 11.3 Å². The van der Waals surface area contributed by atoms with E-state index in [1.165, 1.54) is 0 Å². The molecule has 3 aromatic rings. The highest BCUT2D eigenvalue weighted by Gasteiger charge is 2.15. The lowest BCUT2D eigenvalue weighted by Gasteiger charge is -2.14. The molecule has 0 fully saturated rings. The molecule has 0 atom stereocenters. The maximum absolute atomic E-state index is 12.4. The molecule has 0 saturated carbocycles. The smallest absolute Gasteiger partial charge is 0.257 e. The van der Waals surface area contributed by atoms with E-state index in [0.29, 0.717) is 18.7 Å². The lowest BCUT2D eigenvalue weighted by molar-refractivity contribution is 0.0775. The first-order chi connectivity index (χ1) is 10.7. The van der Waals surface area contributed by atoms with E-state index < -0.39 is 0 Å². The lowest BCUT2D eigenvalue weighted by atomic mass is 10.2. The molecule has 2 aromatic heterocycles. The average molecular weight is 295 g/mol. The molecule has 0 N–H and O–H groups in total. The summed E-state index contributed by atoms with van der Waals surface area (Å²) in [6.45, 7) is 1.09. The van der Waals surface area contributed by atoms with Gasteiger partial charge >= 0.3 is 0 Å². The van der Waals surface area contributed by atoms with Gasteiger partial charge in [-0.1, -0.05) is 30.3 Å². The number of amides is 1. The molecular weight excluding hydrogens is 278 g/mol. The molecule has 0 unspecified atom stereocenters. The first-order valence-electron chi connectivity index (χ1n) is 7.06. The second kappa shape index (κ2) is 6.30. The van der Waals surface area contributed by atoms with Crippen LogP contribution in [0.25, 0.3) is 0 Å². The molecule has 0 aliphatic carbocycles. The van der Waals surface area contributed by atoms with Gasteiger partial charge in [0.05, 0.1) is 31.1 Å². The first-order valence-corrected chi connectivity index (χ1v) is 7.06. The Hall–Kier alpha value is -2.82. The minimum Gasteiger partial charge on any atom is -0.467 e. The molecule has 0 radical (unpaired) electrons. The maximum atomic E-state index is 12.4. The van der Waals surface area contributed by atoms with Crippen molar-refractivity contribution in [2.75, 3.05) is 7.05 Å². The van der Waals surface area contributed by atoms with Gasteiger partial charge in [-0.2, -0.15) is 5.10 Å². The minimum atomic E-state index is -0.0734. The normalized spacial score (nSPS) is 10.6. The van der Waals surface area contributed by atoms with Crippen molar-refractivity contribution < 1.29 is 9.21 Å². The number of hydrogen-bond donors (Lipinski definition) is 0. The molecule has 0 saturated heterocycles. The van der Waals surface area contributed by atoms with Crippen molar-refractivity contribution in [1.82, 2.24) is 14.7 Å². The van der Waals surface area contributed by atoms with Crippen molar-refractivity contribution >= 4 is 5.91 Å². The Morgan fingerprint density at radius 3 is 2.77 bits per heavy atom. The van der Waals surface area contributed by atoms with E-state index in [1.54, 1.807) is 35.3 Å². The Bertz CT molecular complexity index is 732. The summed E-state index contributed by atoms with van der Waals surface area (Å²) in [6, 6.07) is 13.7. The van der Waals surface area contributed by atoms with Crippen LogP contribution in [-0.2, 0) is 13.1 Å². The fourth-order valence-corrected chi connectivity index (χ4v) is 2.26. The van der Waals surface area contributed by atoms with Gasteiger partial charge in [0.2, 0.25) is 0 Å². The molecule has 1 aromatic carbocycles. The highest BCUT2D eigenvalue weighted by Crippen LogP contribution is 2.09. The number of rotatable bonds is 5. The van der Waals surface area contributed by atoms with Crippen molar-refractivity contribution in [1.29, 1.82) is 0 Å². The molecule has 0 aliphatic rings. The zero-order valence-corrected chi connectivity index (χ0v) is 12.3. The predicted molar refractivity (Wildman–Crippen MR) is 82.3 cm³/mol. The van der Waals surface area contributed by atoms with Gasteiger partial charge in [-0.15, -0.1) is 0 Å². The Labute approximate surface area is 128 Å². The van der Waals surface area contributed by atoms with E-state index >= 15 is 0 Å². The number of furan rings is 1. The molecule has 5 nitrogen and oxygen atoms in total. The Balaban J connectivity index is 1.66. The number of carbonyl (C=O) groups excluding carboxylic acids is 1. The van der Waals surface area contributed by atoms with Crippen LogP contribution in [0.4, 0.5) is 0 Å². The molecule has 3 rings (SSSR count). The molecular formula is C17H17N3O2. The van der Waals surface area contributed by atoms with Crippen LogP contribution in [0, 0.1) is 0 Å². The second-order valence-corrected chi connectivity index (χ2v) is 5.15. The van der Waals surface area contributed by atoms with Gasteiger partial charge in [0.1, 0.15) is 5.76 Å². The van der Waals surface area contributed by atoms with Gasteiger partial charge in [0.15, 0.2) is 0 Å². The predicted octanol–water partition coefficient (Wildman–Crippen LogP) is 2.80. The van der Waals surface area contributed by atoms with Gasteiger partial charge in [-0.3, -0.25) is 9.48 Å². The quantitative estimate of drug-likeness (QED) is 0.727. The zero-order chi connectivity index (χ0) is 15.4. The summed E-state index contributed by atoms with van der Waals surface area (Å²) in [5, 5.41) is 4.26. The molecule has 0 bridgehead atoms. The number of aromatic nitrogens is 2. The Kier molecular flexibility index (Phi) is 4.05. The standard InChI is InChI=1S/C17H17N3O2/c1-19(13-16-8-5-9-22-16)17(21)15-10-18-20(12-15)11-14-6-3-2-4-7-14/h2-10,12H,11,13H2,1H3. The second-order valence-electron chi connectivity index (χ2n) is 5.15. The van der Waals surface area contributed by atoms with Crippen LogP contribution < -0.4 is 0 Å². The third-order valence-corrected chi connectivity index (χ3v) is 3.39. The van der Waals surface area contributed by atoms with Crippen LogP contribution in [0.3, 0.4) is 0 Å². The molecule has 1 amide bonds. The summed E-state index contributed by atoms with van der Waals surface area (Å²) in [5.74, 6) is 0.684. The summed E-state index contributed by atoms with van der Waals surface area (Å²) in [5.41, 5.74) is 1.72. The van der Waals surface area contributed by atoms with Crippen molar-refractivity contribution in [2.45, 2.75) is 13.1 Å². The van der Waals surface area contributed by atoms with Crippen molar-refractivity contribution in [3.8, 4) is 0 Å². The van der Waals surface area contributed by atoms with Crippen molar-refractivity contribution in [2.24, 2.45) is 0 Å². The molecule has 22 heavy (non-hydrogen) atoms. The van der Waals surface area contributed by atoms with Crippen LogP contribution >= 0.6 is 0 Å². The van der Waals surface area contributed by atoms with E-state index in [9.17, 15) is 4.79 Å². The van der Waals surface area contributed by atoms with Crippen LogP contribution in [-0.4, -0.2) is 27.6 Å². The summed E-state index contributed by atoms with van der Waals surface area (Å²) in [7, 11) is 1.75. The SMILES string of the molecule is CN(Cc1ccco1)C(=O)c1cnn(Cc2ccccc2)c1. The van der Waals surface area contributed by atoms with E-state index in [1.807, 2.05) is 42.5 Å². The van der Waals surface area contributed by atoms with Gasteiger partial charge in [0, 0.05) is 13.2 Å². The number of hydrogen-bond acceptors (Lipinski definition) is 3. The van der Waals surface area contributed by atoms with Crippen LogP contribution in [0.5, 0.6) is 0 Å². The zero-order valence-electron chi connectivity index (χ0n) is 12.3. The Morgan fingerprint density at radius 1 is 1.23 bits per heavy atom. The van der Waals surface area contributed by atoms with Crippen LogP contribution in [0.1, 0.15) is 21.7 Å². The third-order valence-electron chi connectivity index (χ3n) is 3.39. The maximum Gasteiger partial charge on any atom is 0.257 e. The van der Waals surface area contributed by atoms with E-state index in [4.69, 9.17) is 4.42 Å². The summed E-state index contributed by atoms with van der Waals surface area (Å²) >= 11 is 0. The van der Waals surface area contributed by atoms with E-state index in [2.05, 4.69) is 5.10 Å². The minimum absolute atomic E-state index is 0.0734. The largest absolute Gasteiger partial charge is 0.467 e. The summed E-state index contributed by atoms with van der Waals surface area (Å²) in [6.07, 6.45) is 4.98. The first kappa shape index (κ1) is 14.1. The highest BCUT2D eigenvalue weighted by atomic mass is 16.3. The van der Waals surface area contributed by atoms with Gasteiger partial charge in [0.25, 0.3) is 5.91 Å². The van der Waals surface area contributed by atoms with Gasteiger partial charge < -0.3 is 9.32 Å². The highest BCUT2D eigenvalue weighted by molar-refractivity contribution is 5.93. The van der Waals surface area contributed by atoms with Crippen molar-refractivity contribution in [3.63, 3.8) is 0 Å². The van der Waals surface area contributed by atoms with E-state index in [-0.39, 0.29) is 5.91 Å². The fourth-order valence-electron chi connectivity index (χ4n) is 2.26. The van der Waals surface area contributed by atoms with Gasteiger partial charge in [-0.25, -0.2) is 0 Å². The topological polar surface area (TPSA) is 51.3 Å². The monoisotopic (exact) mass is 295 g/mol. The molecule has 112 valence electrons. The summed E-state index contributed by atoms with van der Waals surface area (Å²) in [4.78, 5) is 14.0.